The third-order valence-electron chi connectivity index (χ3n) is 5.01. The molecular weight excluding hydrogens is 386 g/mol. The molecule has 0 aromatic carbocycles. The van der Waals surface area contributed by atoms with Gasteiger partial charge in [0.2, 0.25) is 0 Å². The van der Waals surface area contributed by atoms with Crippen LogP contribution in [0.3, 0.4) is 0 Å². The highest BCUT2D eigenvalue weighted by atomic mass is 32.1. The standard InChI is InChI=1S/C21H25N5O2S/c1-21(14-26-9-11-28-12-10-26)6-2-3-18(25-21)24-20-16(19(22)27)13-17(29-20)15-4-7-23-8-5-15/h2-8,13,24-25H,9-12,14H2,1H3,(H2,22,27). The summed E-state index contributed by atoms with van der Waals surface area (Å²) in [7, 11) is 0. The fraction of sp³-hybridized carbons (Fsp3) is 0.333. The summed E-state index contributed by atoms with van der Waals surface area (Å²) in [5.41, 5.74) is 6.90. The normalized spacial score (nSPS) is 22.0. The van der Waals surface area contributed by atoms with E-state index in [4.69, 9.17) is 10.5 Å². The van der Waals surface area contributed by atoms with Crippen molar-refractivity contribution < 1.29 is 9.53 Å². The van der Waals surface area contributed by atoms with Crippen LogP contribution in [0.1, 0.15) is 17.3 Å². The second-order valence-corrected chi connectivity index (χ2v) is 8.50. The molecule has 8 heteroatoms. The van der Waals surface area contributed by atoms with Crippen LogP contribution in [-0.4, -0.2) is 54.2 Å². The van der Waals surface area contributed by atoms with Gasteiger partial charge in [0.25, 0.3) is 5.91 Å². The highest BCUT2D eigenvalue weighted by molar-refractivity contribution is 7.19. The maximum absolute atomic E-state index is 12.0. The van der Waals surface area contributed by atoms with Crippen molar-refractivity contribution in [3.05, 3.63) is 60.2 Å². The van der Waals surface area contributed by atoms with Crippen molar-refractivity contribution in [2.45, 2.75) is 12.5 Å². The molecule has 1 saturated heterocycles. The lowest BCUT2D eigenvalue weighted by Gasteiger charge is -2.38. The van der Waals surface area contributed by atoms with Gasteiger partial charge in [0, 0.05) is 36.9 Å². The zero-order chi connectivity index (χ0) is 20.3. The molecule has 1 amide bonds. The van der Waals surface area contributed by atoms with Crippen LogP contribution in [0.4, 0.5) is 5.00 Å². The van der Waals surface area contributed by atoms with Crippen LogP contribution in [0.5, 0.6) is 0 Å². The molecule has 2 aromatic rings. The van der Waals surface area contributed by atoms with E-state index in [1.165, 1.54) is 11.3 Å². The third-order valence-corrected chi connectivity index (χ3v) is 6.11. The number of carbonyl (C=O) groups excluding carboxylic acids is 1. The summed E-state index contributed by atoms with van der Waals surface area (Å²) in [6, 6.07) is 5.66. The van der Waals surface area contributed by atoms with E-state index in [2.05, 4.69) is 33.5 Å². The molecule has 1 fully saturated rings. The molecule has 2 aliphatic rings. The molecule has 152 valence electrons. The summed E-state index contributed by atoms with van der Waals surface area (Å²) in [5, 5.41) is 7.67. The number of carbonyl (C=O) groups is 1. The SMILES string of the molecule is CC1(CN2CCOCC2)C=CC=C(Nc2sc(-c3ccncc3)cc2C(N)=O)N1. The van der Waals surface area contributed by atoms with E-state index in [1.807, 2.05) is 30.4 Å². The number of aromatic nitrogens is 1. The number of anilines is 1. The van der Waals surface area contributed by atoms with E-state index in [0.717, 1.165) is 54.1 Å². The van der Waals surface area contributed by atoms with E-state index in [1.54, 1.807) is 12.4 Å². The fourth-order valence-electron chi connectivity index (χ4n) is 3.58. The highest BCUT2D eigenvalue weighted by Crippen LogP contribution is 2.36. The summed E-state index contributed by atoms with van der Waals surface area (Å²) in [4.78, 5) is 19.4. The van der Waals surface area contributed by atoms with Crippen molar-refractivity contribution in [2.75, 3.05) is 38.2 Å². The minimum Gasteiger partial charge on any atom is -0.379 e. The van der Waals surface area contributed by atoms with Crippen LogP contribution < -0.4 is 16.4 Å². The Kier molecular flexibility index (Phi) is 5.66. The summed E-state index contributed by atoms with van der Waals surface area (Å²) < 4.78 is 5.45. The van der Waals surface area contributed by atoms with Gasteiger partial charge >= 0.3 is 0 Å². The Morgan fingerprint density at radius 3 is 2.86 bits per heavy atom. The lowest BCUT2D eigenvalue weighted by Crippen LogP contribution is -2.53. The first-order chi connectivity index (χ1) is 14.0. The van der Waals surface area contributed by atoms with Gasteiger partial charge in [0.05, 0.1) is 24.3 Å². The van der Waals surface area contributed by atoms with Crippen LogP contribution in [0.15, 0.2) is 54.6 Å². The Labute approximate surface area is 174 Å². The Morgan fingerprint density at radius 2 is 2.14 bits per heavy atom. The predicted octanol–water partition coefficient (Wildman–Crippen LogP) is 2.41. The van der Waals surface area contributed by atoms with E-state index in [-0.39, 0.29) is 5.54 Å². The minimum atomic E-state index is -0.452. The molecule has 0 radical (unpaired) electrons. The maximum Gasteiger partial charge on any atom is 0.251 e. The number of allylic oxidation sites excluding steroid dienone is 2. The van der Waals surface area contributed by atoms with Crippen molar-refractivity contribution in [3.8, 4) is 10.4 Å². The van der Waals surface area contributed by atoms with Gasteiger partial charge in [-0.3, -0.25) is 14.7 Å². The molecule has 0 bridgehead atoms. The largest absolute Gasteiger partial charge is 0.379 e. The first-order valence-electron chi connectivity index (χ1n) is 9.61. The second-order valence-electron chi connectivity index (χ2n) is 7.45. The molecule has 4 heterocycles. The van der Waals surface area contributed by atoms with Crippen molar-refractivity contribution in [1.29, 1.82) is 0 Å². The van der Waals surface area contributed by atoms with Crippen molar-refractivity contribution >= 4 is 22.2 Å². The molecule has 2 aromatic heterocycles. The lowest BCUT2D eigenvalue weighted by molar-refractivity contribution is 0.0301. The zero-order valence-electron chi connectivity index (χ0n) is 16.4. The van der Waals surface area contributed by atoms with E-state index >= 15 is 0 Å². The quantitative estimate of drug-likeness (QED) is 0.676. The number of hydrogen-bond donors (Lipinski definition) is 3. The molecular formula is C21H25N5O2S. The van der Waals surface area contributed by atoms with Crippen molar-refractivity contribution in [1.82, 2.24) is 15.2 Å². The molecule has 1 atom stereocenters. The third kappa shape index (κ3) is 4.67. The second kappa shape index (κ2) is 8.36. The molecule has 0 aliphatic carbocycles. The first-order valence-corrected chi connectivity index (χ1v) is 10.4. The van der Waals surface area contributed by atoms with Gasteiger partial charge in [-0.25, -0.2) is 0 Å². The molecule has 29 heavy (non-hydrogen) atoms. The zero-order valence-corrected chi connectivity index (χ0v) is 17.2. The van der Waals surface area contributed by atoms with Crippen LogP contribution in [0.2, 0.25) is 0 Å². The van der Waals surface area contributed by atoms with Gasteiger partial charge in [-0.1, -0.05) is 12.2 Å². The Hall–Kier alpha value is -2.68. The van der Waals surface area contributed by atoms with E-state index < -0.39 is 5.91 Å². The number of nitrogens with two attached hydrogens (primary N) is 1. The molecule has 1 unspecified atom stereocenters. The molecule has 4 N–H and O–H groups in total. The van der Waals surface area contributed by atoms with Gasteiger partial charge in [-0.05, 0) is 36.8 Å². The van der Waals surface area contributed by atoms with Crippen molar-refractivity contribution in [3.63, 3.8) is 0 Å². The number of hydrogen-bond acceptors (Lipinski definition) is 7. The number of thiophene rings is 1. The van der Waals surface area contributed by atoms with Crippen LogP contribution in [0.25, 0.3) is 10.4 Å². The van der Waals surface area contributed by atoms with Crippen LogP contribution >= 0.6 is 11.3 Å². The monoisotopic (exact) mass is 411 g/mol. The number of nitrogens with zero attached hydrogens (tertiary/aromatic N) is 2. The topological polar surface area (TPSA) is 92.5 Å². The van der Waals surface area contributed by atoms with Crippen LogP contribution in [-0.2, 0) is 4.74 Å². The molecule has 7 nitrogen and oxygen atoms in total. The van der Waals surface area contributed by atoms with Gasteiger partial charge in [-0.15, -0.1) is 11.3 Å². The van der Waals surface area contributed by atoms with Crippen LogP contribution in [0, 0.1) is 0 Å². The number of primary amides is 1. The lowest BCUT2D eigenvalue weighted by atomic mass is 9.98. The van der Waals surface area contributed by atoms with Gasteiger partial charge < -0.3 is 21.1 Å². The number of dihydropyridines is 1. The number of rotatable bonds is 6. The molecule has 0 spiro atoms. The molecule has 4 rings (SSSR count). The smallest absolute Gasteiger partial charge is 0.251 e. The number of pyridine rings is 1. The van der Waals surface area contributed by atoms with Gasteiger partial charge in [0.15, 0.2) is 0 Å². The fourth-order valence-corrected chi connectivity index (χ4v) is 4.67. The van der Waals surface area contributed by atoms with Gasteiger partial charge in [0.1, 0.15) is 10.8 Å². The number of amides is 1. The Balaban J connectivity index is 1.51. The highest BCUT2D eigenvalue weighted by Gasteiger charge is 2.28. The van der Waals surface area contributed by atoms with E-state index in [0.29, 0.717) is 5.56 Å². The number of morpholine rings is 1. The van der Waals surface area contributed by atoms with Crippen molar-refractivity contribution in [2.24, 2.45) is 5.73 Å². The summed E-state index contributed by atoms with van der Waals surface area (Å²) >= 11 is 1.50. The molecule has 0 saturated carbocycles. The summed E-state index contributed by atoms with van der Waals surface area (Å²) in [6.07, 6.45) is 9.65. The maximum atomic E-state index is 12.0. The Bertz CT molecular complexity index is 934. The van der Waals surface area contributed by atoms with Gasteiger partial charge in [-0.2, -0.15) is 0 Å². The summed E-state index contributed by atoms with van der Waals surface area (Å²) in [5.74, 6) is 0.390. The average Bonchev–Trinajstić information content (AvgIpc) is 3.13. The number of nitrogens with one attached hydrogen (secondary N) is 2. The number of ether oxygens (including phenoxy) is 1. The Morgan fingerprint density at radius 1 is 1.38 bits per heavy atom. The molecule has 2 aliphatic heterocycles. The predicted molar refractivity (Wildman–Crippen MR) is 116 cm³/mol. The summed E-state index contributed by atoms with van der Waals surface area (Å²) in [6.45, 7) is 6.46. The minimum absolute atomic E-state index is 0.216. The first kappa shape index (κ1) is 19.6. The van der Waals surface area contributed by atoms with E-state index in [9.17, 15) is 4.79 Å². The average molecular weight is 412 g/mol.